The van der Waals surface area contributed by atoms with E-state index in [1.807, 2.05) is 46.0 Å². The fourth-order valence-electron chi connectivity index (χ4n) is 2.89. The van der Waals surface area contributed by atoms with Gasteiger partial charge in [-0.3, -0.25) is 19.2 Å². The summed E-state index contributed by atoms with van der Waals surface area (Å²) in [6.07, 6.45) is 10.7. The van der Waals surface area contributed by atoms with E-state index in [2.05, 4.69) is 94.0 Å². The molecule has 0 radical (unpaired) electrons. The first-order valence-corrected chi connectivity index (χ1v) is 20.5. The Bertz CT molecular complexity index is 1160. The number of nitrogens with two attached hydrogens (primary N) is 2. The molecule has 2 aromatic carbocycles. The molecule has 0 bridgehead atoms. The highest BCUT2D eigenvalue weighted by molar-refractivity contribution is 7.97. The minimum absolute atomic E-state index is 0.00384. The van der Waals surface area contributed by atoms with Crippen molar-refractivity contribution in [2.75, 3.05) is 51.6 Å². The number of thioether (sulfide) groups is 1. The maximum Gasteiger partial charge on any atom is 0.335 e. The van der Waals surface area contributed by atoms with Crippen LogP contribution in [0.3, 0.4) is 0 Å². The molecule has 0 heterocycles. The standard InChI is InChI=1S/C9H10N2O3.C8H10.C6H13N3O2.C6H13NO.C5H12.C3H8.C2H6S.CH4O.2CH2O/c1-11-7-3-5(8(10)12)2-6(4-7)9(13)14;1-2-8-6-4-3-5-7-8;1-2-8-6(11)4-9-5(10)3-7;1-3-4-6(2)7-5-8;1-4-5(2)3;2*1-3-2;3*1-2/h2-4,11H,1H3,(H2,10,12)(H,13,14);3-7H,2H2,1H3;2-4,7H2,1H3,(H,8,11)(H,9,10);5-6H,3-4H2,1-2H3,(H,7,8);5H,4H2,1-3H3;3H2,1-2H3;1-2H3;2H,1H3;2*1H2. The first-order valence-electron chi connectivity index (χ1n) is 18.8. The molecule has 0 aliphatic carbocycles. The molecule has 4 amide bonds. The summed E-state index contributed by atoms with van der Waals surface area (Å²) in [5.74, 6) is -1.38. The van der Waals surface area contributed by atoms with E-state index < -0.39 is 11.9 Å². The van der Waals surface area contributed by atoms with Gasteiger partial charge in [0.15, 0.2) is 0 Å². The average Bonchev–Trinajstić information content (AvgIpc) is 3.24. The van der Waals surface area contributed by atoms with E-state index in [1.54, 1.807) is 18.8 Å². The zero-order valence-corrected chi connectivity index (χ0v) is 38.6. The summed E-state index contributed by atoms with van der Waals surface area (Å²) in [7, 11) is 2.63. The van der Waals surface area contributed by atoms with Crippen molar-refractivity contribution in [2.45, 2.75) is 100 Å². The molecule has 10 N–H and O–H groups in total. The quantitative estimate of drug-likeness (QED) is 0.115. The van der Waals surface area contributed by atoms with Crippen molar-refractivity contribution < 1.29 is 43.8 Å². The monoisotopic (exact) mass is 845 g/mol. The lowest BCUT2D eigenvalue weighted by Crippen LogP contribution is -2.39. The fraction of sp³-hybridized carbons (Fsp3) is 0.548. The van der Waals surface area contributed by atoms with Gasteiger partial charge in [-0.05, 0) is 68.9 Å². The highest BCUT2D eigenvalue weighted by Crippen LogP contribution is 2.14. The van der Waals surface area contributed by atoms with Gasteiger partial charge in [0.05, 0.1) is 18.7 Å². The van der Waals surface area contributed by atoms with E-state index in [9.17, 15) is 24.0 Å². The van der Waals surface area contributed by atoms with Crippen LogP contribution in [0.1, 0.15) is 114 Å². The molecule has 0 saturated carbocycles. The van der Waals surface area contributed by atoms with Crippen LogP contribution in [-0.4, -0.2) is 106 Å². The molecule has 0 fully saturated rings. The smallest absolute Gasteiger partial charge is 0.335 e. The van der Waals surface area contributed by atoms with Gasteiger partial charge in [-0.25, -0.2) is 4.79 Å². The van der Waals surface area contributed by atoms with Crippen molar-refractivity contribution in [3.63, 3.8) is 0 Å². The lowest BCUT2D eigenvalue weighted by atomic mass is 10.1. The van der Waals surface area contributed by atoms with Crippen LogP contribution < -0.4 is 32.7 Å². The number of rotatable bonds is 13. The zero-order chi connectivity index (χ0) is 47.3. The number of nitrogens with one attached hydrogen (secondary N) is 4. The number of likely N-dealkylation sites (N-methyl/N-ethyl adjacent to an activating group) is 1. The third-order valence-corrected chi connectivity index (χ3v) is 5.90. The summed E-state index contributed by atoms with van der Waals surface area (Å²) in [5.41, 5.74) is 12.2. The van der Waals surface area contributed by atoms with Crippen LogP contribution in [0.5, 0.6) is 0 Å². The van der Waals surface area contributed by atoms with E-state index in [-0.39, 0.29) is 36.0 Å². The number of primary amides is 1. The highest BCUT2D eigenvalue weighted by atomic mass is 32.2. The molecule has 0 saturated heterocycles. The van der Waals surface area contributed by atoms with Crippen LogP contribution in [-0.2, 0) is 30.4 Å². The molecule has 2 rings (SSSR count). The maximum absolute atomic E-state index is 10.8. The molecule has 16 heteroatoms. The van der Waals surface area contributed by atoms with Crippen LogP contribution in [0.25, 0.3) is 0 Å². The second kappa shape index (κ2) is 61.4. The molecule has 2 aromatic rings. The maximum atomic E-state index is 10.8. The van der Waals surface area contributed by atoms with Crippen molar-refractivity contribution >= 4 is 61.1 Å². The van der Waals surface area contributed by atoms with Gasteiger partial charge in [0, 0.05) is 38.0 Å². The summed E-state index contributed by atoms with van der Waals surface area (Å²) < 4.78 is 0. The molecule has 1 unspecified atom stereocenters. The number of aliphatic hydroxyl groups is 1. The largest absolute Gasteiger partial charge is 0.478 e. The fourth-order valence-corrected chi connectivity index (χ4v) is 2.89. The molecular formula is C42H80N6O9S. The van der Waals surface area contributed by atoms with Crippen LogP contribution in [0, 0.1) is 5.92 Å². The number of amides is 4. The van der Waals surface area contributed by atoms with Crippen LogP contribution >= 0.6 is 11.8 Å². The van der Waals surface area contributed by atoms with Gasteiger partial charge < -0.3 is 52.5 Å². The second-order valence-electron chi connectivity index (χ2n) is 11.4. The normalized spacial score (nSPS) is 8.69. The van der Waals surface area contributed by atoms with Gasteiger partial charge in [-0.15, -0.1) is 0 Å². The van der Waals surface area contributed by atoms with Crippen molar-refractivity contribution in [3.8, 4) is 0 Å². The predicted octanol–water partition coefficient (Wildman–Crippen LogP) is 5.58. The number of hydrogen-bond acceptors (Lipinski definition) is 11. The number of benzene rings is 2. The Labute approximate surface area is 354 Å². The first-order chi connectivity index (χ1) is 27.6. The van der Waals surface area contributed by atoms with Crippen LogP contribution in [0.15, 0.2) is 48.5 Å². The predicted molar refractivity (Wildman–Crippen MR) is 245 cm³/mol. The minimum atomic E-state index is -1.09. The Balaban J connectivity index is -0.0000000861. The van der Waals surface area contributed by atoms with E-state index in [1.165, 1.54) is 36.6 Å². The molecule has 0 aliphatic heterocycles. The van der Waals surface area contributed by atoms with E-state index in [0.29, 0.717) is 18.3 Å². The van der Waals surface area contributed by atoms with Gasteiger partial charge in [0.25, 0.3) is 0 Å². The lowest BCUT2D eigenvalue weighted by Gasteiger charge is -2.05. The third kappa shape index (κ3) is 63.2. The second-order valence-corrected chi connectivity index (χ2v) is 12.2. The lowest BCUT2D eigenvalue weighted by molar-refractivity contribution is -0.125. The molecular weight excluding hydrogens is 765 g/mol. The van der Waals surface area contributed by atoms with Crippen molar-refractivity contribution in [3.05, 3.63) is 65.2 Å². The Morgan fingerprint density at radius 3 is 1.57 bits per heavy atom. The number of carboxylic acids is 1. The molecule has 338 valence electrons. The summed E-state index contributed by atoms with van der Waals surface area (Å²) in [4.78, 5) is 68.5. The van der Waals surface area contributed by atoms with Crippen LogP contribution in [0.2, 0.25) is 0 Å². The van der Waals surface area contributed by atoms with E-state index in [0.717, 1.165) is 38.7 Å². The number of aromatic carboxylic acids is 1. The third-order valence-electron chi connectivity index (χ3n) is 5.90. The first kappa shape index (κ1) is 71.0. The SMILES string of the molecule is C=O.C=O.CCC.CCC(C)C.CCCC(C)NC=O.CCNC(=O)CNC(=O)CN.CCc1ccccc1.CNc1cc(C(N)=O)cc(C(=O)O)c1.CO.CSC. The minimum Gasteiger partial charge on any atom is -0.478 e. The van der Waals surface area contributed by atoms with Crippen molar-refractivity contribution in [2.24, 2.45) is 17.4 Å². The summed E-state index contributed by atoms with van der Waals surface area (Å²) in [5, 5.41) is 26.0. The van der Waals surface area contributed by atoms with Gasteiger partial charge in [-0.1, -0.05) is 98.1 Å². The van der Waals surface area contributed by atoms with Gasteiger partial charge >= 0.3 is 5.97 Å². The van der Waals surface area contributed by atoms with Gasteiger partial charge in [0.2, 0.25) is 24.1 Å². The zero-order valence-electron chi connectivity index (χ0n) is 37.7. The number of hydrogen-bond donors (Lipinski definition) is 8. The van der Waals surface area contributed by atoms with Gasteiger partial charge in [-0.2, -0.15) is 11.8 Å². The summed E-state index contributed by atoms with van der Waals surface area (Å²) in [6.45, 7) is 23.4. The number of anilines is 1. The number of carboxylic acid groups (broad SMARTS) is 1. The molecule has 0 aromatic heterocycles. The Kier molecular flexibility index (Phi) is 75.1. The number of carbonyl (C=O) groups excluding carboxylic acids is 6. The molecule has 0 aliphatic rings. The van der Waals surface area contributed by atoms with Gasteiger partial charge in [0.1, 0.15) is 13.6 Å². The number of aryl methyl sites for hydroxylation is 1. The Morgan fingerprint density at radius 1 is 0.828 bits per heavy atom. The molecule has 1 atom stereocenters. The van der Waals surface area contributed by atoms with Crippen molar-refractivity contribution in [1.29, 1.82) is 0 Å². The molecule has 0 spiro atoms. The summed E-state index contributed by atoms with van der Waals surface area (Å²) in [6, 6.07) is 15.0. The van der Waals surface area contributed by atoms with E-state index in [4.69, 9.17) is 31.3 Å². The number of carbonyl (C=O) groups is 7. The average molecular weight is 845 g/mol. The highest BCUT2D eigenvalue weighted by Gasteiger charge is 2.09. The topological polar surface area (TPSA) is 260 Å². The van der Waals surface area contributed by atoms with Crippen molar-refractivity contribution in [1.82, 2.24) is 16.0 Å². The van der Waals surface area contributed by atoms with E-state index >= 15 is 0 Å². The molecule has 15 nitrogen and oxygen atoms in total. The Morgan fingerprint density at radius 2 is 1.28 bits per heavy atom. The molecule has 58 heavy (non-hydrogen) atoms. The Hall–Kier alpha value is -4.80. The van der Waals surface area contributed by atoms with Crippen LogP contribution in [0.4, 0.5) is 5.69 Å². The number of aliphatic hydroxyl groups excluding tert-OH is 1. The summed E-state index contributed by atoms with van der Waals surface area (Å²) >= 11 is 1.75.